The maximum atomic E-state index is 11.9. The van der Waals surface area contributed by atoms with Gasteiger partial charge in [0, 0.05) is 16.5 Å². The summed E-state index contributed by atoms with van der Waals surface area (Å²) in [6, 6.07) is 7.85. The summed E-state index contributed by atoms with van der Waals surface area (Å²) in [5.74, 6) is 0.0370. The van der Waals surface area contributed by atoms with Crippen LogP contribution in [0.3, 0.4) is 0 Å². The zero-order valence-corrected chi connectivity index (χ0v) is 9.72. The van der Waals surface area contributed by atoms with Gasteiger partial charge in [0.2, 0.25) is 0 Å². The second-order valence-corrected chi connectivity index (χ2v) is 5.25. The lowest BCUT2D eigenvalue weighted by molar-refractivity contribution is 0.0835. The molecular formula is C13H17NO. The highest BCUT2D eigenvalue weighted by atomic mass is 16.1. The molecule has 1 aromatic rings. The molecule has 1 N–H and O–H groups in total. The Hall–Kier alpha value is -1.31. The molecule has 0 radical (unpaired) electrons. The first-order valence-electron chi connectivity index (χ1n) is 5.28. The average Bonchev–Trinajstić information content (AvgIpc) is 2.15. The Morgan fingerprint density at radius 2 is 1.67 bits per heavy atom. The van der Waals surface area contributed by atoms with Gasteiger partial charge in [0.05, 0.1) is 0 Å². The largest absolute Gasteiger partial charge is 0.346 e. The van der Waals surface area contributed by atoms with Crippen molar-refractivity contribution >= 4 is 5.91 Å². The number of hydrogen-bond acceptors (Lipinski definition) is 1. The summed E-state index contributed by atoms with van der Waals surface area (Å²) < 4.78 is 0. The lowest BCUT2D eigenvalue weighted by Gasteiger charge is -2.47. The van der Waals surface area contributed by atoms with E-state index in [1.165, 1.54) is 0 Å². The molecule has 1 amide bonds. The molecule has 0 atom stereocenters. The molecule has 1 aliphatic heterocycles. The number of benzene rings is 1. The fraction of sp³-hybridized carbons (Fsp3) is 0.462. The van der Waals surface area contributed by atoms with Crippen molar-refractivity contribution in [1.82, 2.24) is 5.32 Å². The standard InChI is InChI=1S/C13H17NO/c1-12(2)10-8-6-5-7-9(10)11(15)14-13(12,3)4/h5-8H,1-4H3,(H,14,15). The van der Waals surface area contributed by atoms with Crippen molar-refractivity contribution in [1.29, 1.82) is 0 Å². The summed E-state index contributed by atoms with van der Waals surface area (Å²) in [6.07, 6.45) is 0. The van der Waals surface area contributed by atoms with Crippen LogP contribution in [0.5, 0.6) is 0 Å². The third kappa shape index (κ3) is 1.28. The van der Waals surface area contributed by atoms with Crippen LogP contribution < -0.4 is 5.32 Å². The van der Waals surface area contributed by atoms with Crippen LogP contribution in [0.1, 0.15) is 43.6 Å². The van der Waals surface area contributed by atoms with E-state index in [9.17, 15) is 4.79 Å². The first kappa shape index (κ1) is 10.2. The van der Waals surface area contributed by atoms with E-state index in [1.54, 1.807) is 0 Å². The van der Waals surface area contributed by atoms with Gasteiger partial charge < -0.3 is 5.32 Å². The fourth-order valence-corrected chi connectivity index (χ4v) is 2.07. The molecular weight excluding hydrogens is 186 g/mol. The van der Waals surface area contributed by atoms with Crippen LogP contribution in [-0.2, 0) is 5.41 Å². The molecule has 2 heteroatoms. The molecule has 0 unspecified atom stereocenters. The third-order valence-electron chi connectivity index (χ3n) is 3.83. The summed E-state index contributed by atoms with van der Waals surface area (Å²) in [4.78, 5) is 11.9. The van der Waals surface area contributed by atoms with Gasteiger partial charge in [-0.3, -0.25) is 4.79 Å². The number of carbonyl (C=O) groups is 1. The molecule has 2 nitrogen and oxygen atoms in total. The first-order chi connectivity index (χ1) is 6.86. The number of rotatable bonds is 0. The molecule has 0 saturated carbocycles. The summed E-state index contributed by atoms with van der Waals surface area (Å²) in [5, 5.41) is 3.06. The van der Waals surface area contributed by atoms with Crippen LogP contribution in [0.4, 0.5) is 0 Å². The smallest absolute Gasteiger partial charge is 0.252 e. The molecule has 1 aliphatic rings. The van der Waals surface area contributed by atoms with Crippen molar-refractivity contribution in [2.75, 3.05) is 0 Å². The second-order valence-electron chi connectivity index (χ2n) is 5.25. The van der Waals surface area contributed by atoms with Crippen molar-refractivity contribution in [2.24, 2.45) is 0 Å². The second kappa shape index (κ2) is 2.84. The number of hydrogen-bond donors (Lipinski definition) is 1. The van der Waals surface area contributed by atoms with E-state index < -0.39 is 0 Å². The summed E-state index contributed by atoms with van der Waals surface area (Å²) in [5.41, 5.74) is 1.69. The maximum Gasteiger partial charge on any atom is 0.252 e. The summed E-state index contributed by atoms with van der Waals surface area (Å²) in [7, 11) is 0. The van der Waals surface area contributed by atoms with Gasteiger partial charge in [0.1, 0.15) is 0 Å². The van der Waals surface area contributed by atoms with E-state index in [-0.39, 0.29) is 16.9 Å². The molecule has 1 aromatic carbocycles. The van der Waals surface area contributed by atoms with E-state index in [1.807, 2.05) is 18.2 Å². The summed E-state index contributed by atoms with van der Waals surface area (Å²) in [6.45, 7) is 8.48. The normalized spacial score (nSPS) is 21.7. The van der Waals surface area contributed by atoms with Crippen molar-refractivity contribution in [3.05, 3.63) is 35.4 Å². The van der Waals surface area contributed by atoms with Crippen LogP contribution in [0.2, 0.25) is 0 Å². The lowest BCUT2D eigenvalue weighted by Crippen LogP contribution is -2.60. The molecule has 0 saturated heterocycles. The molecule has 0 fully saturated rings. The van der Waals surface area contributed by atoms with Gasteiger partial charge in [0.25, 0.3) is 5.91 Å². The molecule has 0 aliphatic carbocycles. The van der Waals surface area contributed by atoms with E-state index in [0.29, 0.717) is 0 Å². The molecule has 0 aromatic heterocycles. The van der Waals surface area contributed by atoms with Crippen molar-refractivity contribution in [2.45, 2.75) is 38.6 Å². The topological polar surface area (TPSA) is 29.1 Å². The minimum atomic E-state index is -0.210. The maximum absolute atomic E-state index is 11.9. The lowest BCUT2D eigenvalue weighted by atomic mass is 9.66. The number of fused-ring (bicyclic) bond motifs is 1. The summed E-state index contributed by atoms with van der Waals surface area (Å²) >= 11 is 0. The van der Waals surface area contributed by atoms with Crippen LogP contribution in [0, 0.1) is 0 Å². The van der Waals surface area contributed by atoms with Gasteiger partial charge in [-0.15, -0.1) is 0 Å². The van der Waals surface area contributed by atoms with E-state index in [2.05, 4.69) is 39.1 Å². The van der Waals surface area contributed by atoms with Crippen LogP contribution >= 0.6 is 0 Å². The Morgan fingerprint density at radius 1 is 1.07 bits per heavy atom. The zero-order chi connectivity index (χ0) is 11.3. The molecule has 1 heterocycles. The predicted octanol–water partition coefficient (Wildman–Crippen LogP) is 2.49. The van der Waals surface area contributed by atoms with Crippen molar-refractivity contribution in [3.63, 3.8) is 0 Å². The van der Waals surface area contributed by atoms with Gasteiger partial charge in [-0.05, 0) is 25.5 Å². The highest BCUT2D eigenvalue weighted by Gasteiger charge is 2.45. The van der Waals surface area contributed by atoms with Crippen molar-refractivity contribution in [3.8, 4) is 0 Å². The van der Waals surface area contributed by atoms with Crippen molar-refractivity contribution < 1.29 is 4.79 Å². The SMILES string of the molecule is CC1(C)NC(=O)c2ccccc2C1(C)C. The van der Waals surface area contributed by atoms with E-state index in [4.69, 9.17) is 0 Å². The predicted molar refractivity (Wildman–Crippen MR) is 61.0 cm³/mol. The van der Waals surface area contributed by atoms with E-state index in [0.717, 1.165) is 11.1 Å². The average molecular weight is 203 g/mol. The molecule has 2 rings (SSSR count). The number of nitrogens with one attached hydrogen (secondary N) is 1. The molecule has 0 spiro atoms. The minimum Gasteiger partial charge on any atom is -0.346 e. The number of carbonyl (C=O) groups excluding carboxylic acids is 1. The Labute approximate surface area is 90.7 Å². The zero-order valence-electron chi connectivity index (χ0n) is 9.72. The van der Waals surface area contributed by atoms with Crippen LogP contribution in [-0.4, -0.2) is 11.4 Å². The van der Waals surface area contributed by atoms with Gasteiger partial charge in [-0.25, -0.2) is 0 Å². The van der Waals surface area contributed by atoms with E-state index >= 15 is 0 Å². The monoisotopic (exact) mass is 203 g/mol. The van der Waals surface area contributed by atoms with Gasteiger partial charge in [-0.1, -0.05) is 32.0 Å². The Balaban J connectivity index is 2.68. The quantitative estimate of drug-likeness (QED) is 0.689. The Bertz CT molecular complexity index is 418. The molecule has 80 valence electrons. The fourth-order valence-electron chi connectivity index (χ4n) is 2.07. The van der Waals surface area contributed by atoms with Crippen LogP contribution in [0.25, 0.3) is 0 Å². The minimum absolute atomic E-state index is 0.0370. The van der Waals surface area contributed by atoms with Crippen LogP contribution in [0.15, 0.2) is 24.3 Å². The Kier molecular flexibility index (Phi) is 1.94. The highest BCUT2D eigenvalue weighted by Crippen LogP contribution is 2.39. The third-order valence-corrected chi connectivity index (χ3v) is 3.83. The molecule has 15 heavy (non-hydrogen) atoms. The molecule has 0 bridgehead atoms. The first-order valence-corrected chi connectivity index (χ1v) is 5.28. The van der Waals surface area contributed by atoms with Gasteiger partial charge in [0.15, 0.2) is 0 Å². The number of amides is 1. The Morgan fingerprint density at radius 3 is 2.33 bits per heavy atom. The highest BCUT2D eigenvalue weighted by molar-refractivity contribution is 5.98. The van der Waals surface area contributed by atoms with Gasteiger partial charge >= 0.3 is 0 Å². The van der Waals surface area contributed by atoms with Gasteiger partial charge in [-0.2, -0.15) is 0 Å².